The number of aromatic amines is 1. The van der Waals surface area contributed by atoms with Crippen molar-refractivity contribution in [3.8, 4) is 0 Å². The third-order valence-corrected chi connectivity index (χ3v) is 5.49. The van der Waals surface area contributed by atoms with E-state index in [1.807, 2.05) is 29.8 Å². The van der Waals surface area contributed by atoms with Gasteiger partial charge in [0.15, 0.2) is 0 Å². The van der Waals surface area contributed by atoms with Crippen LogP contribution in [0.4, 0.5) is 0 Å². The quantitative estimate of drug-likeness (QED) is 0.520. The summed E-state index contributed by atoms with van der Waals surface area (Å²) in [5.41, 5.74) is 2.41. The number of nitrogens with one attached hydrogen (secondary N) is 2. The van der Waals surface area contributed by atoms with E-state index < -0.39 is 0 Å². The molecule has 3 rings (SSSR count). The Morgan fingerprint density at radius 2 is 2.03 bits per heavy atom. The van der Waals surface area contributed by atoms with Crippen molar-refractivity contribution in [1.82, 2.24) is 25.2 Å². The van der Waals surface area contributed by atoms with E-state index in [1.54, 1.807) is 0 Å². The van der Waals surface area contributed by atoms with E-state index in [9.17, 15) is 9.90 Å². The molecule has 3 aromatic rings. The van der Waals surface area contributed by atoms with Gasteiger partial charge in [-0.05, 0) is 61.7 Å². The number of hydrogen-bond acceptors (Lipinski definition) is 5. The molecule has 2 atom stereocenters. The molecule has 30 heavy (non-hydrogen) atoms. The van der Waals surface area contributed by atoms with E-state index in [1.165, 1.54) is 4.90 Å². The summed E-state index contributed by atoms with van der Waals surface area (Å²) in [4.78, 5) is 17.0. The van der Waals surface area contributed by atoms with Gasteiger partial charge in [-0.1, -0.05) is 18.6 Å². The molecule has 1 aromatic carbocycles. The molecule has 0 saturated carbocycles. The molecule has 8 heteroatoms. The van der Waals surface area contributed by atoms with Crippen molar-refractivity contribution in [2.75, 3.05) is 13.2 Å². The lowest BCUT2D eigenvalue weighted by atomic mass is 10.1. The van der Waals surface area contributed by atoms with Gasteiger partial charge in [-0.3, -0.25) is 4.79 Å². The maximum Gasteiger partial charge on any atom is 0.257 e. The molecule has 8 nitrogen and oxygen atoms in total. The molecule has 162 valence electrons. The van der Waals surface area contributed by atoms with Crippen LogP contribution in [-0.2, 0) is 12.1 Å². The van der Waals surface area contributed by atoms with Crippen LogP contribution in [0.15, 0.2) is 29.1 Å². The Kier molecular flexibility index (Phi) is 6.67. The molecule has 0 fully saturated rings. The minimum absolute atomic E-state index is 0.0124. The molecule has 2 aromatic heterocycles. The lowest BCUT2D eigenvalue weighted by molar-refractivity contribution is -0.946. The van der Waals surface area contributed by atoms with Gasteiger partial charge in [0.25, 0.3) is 5.56 Å². The topological polar surface area (TPSA) is 101 Å². The number of fused-ring (bicyclic) bond motifs is 1. The predicted octanol–water partition coefficient (Wildman–Crippen LogP) is 1.50. The molecule has 0 amide bonds. The number of aliphatic hydroxyl groups is 1. The summed E-state index contributed by atoms with van der Waals surface area (Å²) in [6, 6.07) is 8.02. The molecular weight excluding hydrogens is 380 g/mol. The van der Waals surface area contributed by atoms with Crippen molar-refractivity contribution in [3.05, 3.63) is 51.6 Å². The SMILES string of the molecule is CC[C@H](c1nnnn1C(C)(C)C)[NH+](CCCO)Cc1cc2cc(C)ccc2[nH]c1=O. The maximum atomic E-state index is 12.8. The van der Waals surface area contributed by atoms with Gasteiger partial charge in [0, 0.05) is 25.0 Å². The summed E-state index contributed by atoms with van der Waals surface area (Å²) < 4.78 is 1.87. The zero-order valence-electron chi connectivity index (χ0n) is 18.6. The predicted molar refractivity (Wildman–Crippen MR) is 116 cm³/mol. The first-order valence-electron chi connectivity index (χ1n) is 10.6. The highest BCUT2D eigenvalue weighted by Crippen LogP contribution is 2.19. The Balaban J connectivity index is 2.00. The van der Waals surface area contributed by atoms with Crippen LogP contribution >= 0.6 is 0 Å². The first-order chi connectivity index (χ1) is 14.2. The normalized spacial score (nSPS) is 14.2. The zero-order valence-corrected chi connectivity index (χ0v) is 18.6. The number of quaternary nitrogens is 1. The Bertz CT molecular complexity index is 1050. The van der Waals surface area contributed by atoms with Crippen LogP contribution in [0.1, 0.15) is 63.5 Å². The van der Waals surface area contributed by atoms with Crippen molar-refractivity contribution in [1.29, 1.82) is 0 Å². The molecule has 0 aliphatic heterocycles. The summed E-state index contributed by atoms with van der Waals surface area (Å²) in [5.74, 6) is 0.811. The third kappa shape index (κ3) is 4.76. The van der Waals surface area contributed by atoms with Crippen molar-refractivity contribution < 1.29 is 10.0 Å². The third-order valence-electron chi connectivity index (χ3n) is 5.49. The highest BCUT2D eigenvalue weighted by Gasteiger charge is 2.32. The fourth-order valence-electron chi connectivity index (χ4n) is 3.98. The fraction of sp³-hybridized carbons (Fsp3) is 0.545. The maximum absolute atomic E-state index is 12.8. The number of aliphatic hydroxyl groups excluding tert-OH is 1. The molecule has 0 aliphatic rings. The number of pyridine rings is 1. The molecule has 0 aliphatic carbocycles. The molecule has 3 N–H and O–H groups in total. The van der Waals surface area contributed by atoms with Crippen LogP contribution in [0, 0.1) is 6.92 Å². The van der Waals surface area contributed by atoms with E-state index in [0.29, 0.717) is 13.0 Å². The first-order valence-corrected chi connectivity index (χ1v) is 10.6. The minimum atomic E-state index is -0.244. The average Bonchev–Trinajstić information content (AvgIpc) is 3.17. The number of aromatic nitrogens is 5. The van der Waals surface area contributed by atoms with Crippen LogP contribution in [0.2, 0.25) is 0 Å². The van der Waals surface area contributed by atoms with Gasteiger partial charge in [0.2, 0.25) is 5.82 Å². The second-order valence-electron chi connectivity index (χ2n) is 8.96. The smallest absolute Gasteiger partial charge is 0.257 e. The van der Waals surface area contributed by atoms with Crippen LogP contribution in [0.5, 0.6) is 0 Å². The monoisotopic (exact) mass is 413 g/mol. The van der Waals surface area contributed by atoms with E-state index in [0.717, 1.165) is 40.8 Å². The summed E-state index contributed by atoms with van der Waals surface area (Å²) in [6.45, 7) is 11.7. The zero-order chi connectivity index (χ0) is 21.9. The van der Waals surface area contributed by atoms with Crippen molar-refractivity contribution in [2.45, 2.75) is 65.6 Å². The average molecular weight is 414 g/mol. The number of aryl methyl sites for hydroxylation is 1. The standard InChI is InChI=1S/C22H32N6O2/c1-6-19(20-24-25-26-28(20)22(3,4)5)27(10-7-11-29)14-17-13-16-12-15(2)8-9-18(16)23-21(17)30/h8-9,12-13,19,29H,6-7,10-11,14H2,1-5H3,(H,23,30)/p+1/t19-/m1/s1. The van der Waals surface area contributed by atoms with Crippen LogP contribution < -0.4 is 10.5 Å². The number of H-pyrrole nitrogens is 1. The van der Waals surface area contributed by atoms with Crippen molar-refractivity contribution in [3.63, 3.8) is 0 Å². The molecular formula is C22H33N6O2+. The number of tetrazole rings is 1. The summed E-state index contributed by atoms with van der Waals surface area (Å²) in [5, 5.41) is 23.0. The molecule has 2 heterocycles. The van der Waals surface area contributed by atoms with Gasteiger partial charge >= 0.3 is 0 Å². The van der Waals surface area contributed by atoms with Crippen LogP contribution in [0.3, 0.4) is 0 Å². The van der Waals surface area contributed by atoms with Gasteiger partial charge in [-0.15, -0.1) is 5.10 Å². The second kappa shape index (κ2) is 9.06. The largest absolute Gasteiger partial charge is 0.396 e. The number of benzene rings is 1. The Hall–Kier alpha value is -2.58. The van der Waals surface area contributed by atoms with Gasteiger partial charge in [-0.25, -0.2) is 4.68 Å². The van der Waals surface area contributed by atoms with Crippen molar-refractivity contribution in [2.24, 2.45) is 0 Å². The Labute approximate surface area is 176 Å². The fourth-order valence-corrected chi connectivity index (χ4v) is 3.98. The summed E-state index contributed by atoms with van der Waals surface area (Å²) in [7, 11) is 0. The van der Waals surface area contributed by atoms with E-state index in [2.05, 4.69) is 54.3 Å². The van der Waals surface area contributed by atoms with Gasteiger partial charge in [-0.2, -0.15) is 0 Å². The summed E-state index contributed by atoms with van der Waals surface area (Å²) in [6.07, 6.45) is 1.47. The van der Waals surface area contributed by atoms with E-state index in [-0.39, 0.29) is 23.7 Å². The lowest BCUT2D eigenvalue weighted by Crippen LogP contribution is -3.11. The molecule has 0 spiro atoms. The minimum Gasteiger partial charge on any atom is -0.396 e. The molecule has 0 bridgehead atoms. The first kappa shape index (κ1) is 22.1. The Morgan fingerprint density at radius 1 is 1.27 bits per heavy atom. The van der Waals surface area contributed by atoms with Gasteiger partial charge < -0.3 is 15.0 Å². The molecule has 0 radical (unpaired) electrons. The molecule has 0 saturated heterocycles. The highest BCUT2D eigenvalue weighted by atomic mass is 16.3. The van der Waals surface area contributed by atoms with E-state index in [4.69, 9.17) is 0 Å². The Morgan fingerprint density at radius 3 is 2.70 bits per heavy atom. The van der Waals surface area contributed by atoms with Crippen LogP contribution in [-0.4, -0.2) is 43.4 Å². The van der Waals surface area contributed by atoms with Crippen molar-refractivity contribution >= 4 is 10.9 Å². The highest BCUT2D eigenvalue weighted by molar-refractivity contribution is 5.79. The van der Waals surface area contributed by atoms with Gasteiger partial charge in [0.1, 0.15) is 12.6 Å². The number of nitrogens with zero attached hydrogens (tertiary/aromatic N) is 4. The molecule has 1 unspecified atom stereocenters. The second-order valence-corrected chi connectivity index (χ2v) is 8.96. The summed E-state index contributed by atoms with van der Waals surface area (Å²) >= 11 is 0. The number of hydrogen-bond donors (Lipinski definition) is 3. The van der Waals surface area contributed by atoms with Crippen LogP contribution in [0.25, 0.3) is 10.9 Å². The number of rotatable bonds is 8. The van der Waals surface area contributed by atoms with E-state index >= 15 is 0 Å². The van der Waals surface area contributed by atoms with Gasteiger partial charge in [0.05, 0.1) is 17.6 Å². The lowest BCUT2D eigenvalue weighted by Gasteiger charge is -2.29.